The summed E-state index contributed by atoms with van der Waals surface area (Å²) in [5, 5.41) is 21.4. The highest BCUT2D eigenvalue weighted by atomic mass is 32.1. The molecule has 0 aliphatic carbocycles. The molecule has 1 atom stereocenters. The van der Waals surface area contributed by atoms with Crippen LogP contribution in [0.25, 0.3) is 11.4 Å². The van der Waals surface area contributed by atoms with Crippen LogP contribution in [-0.2, 0) is 7.05 Å². The van der Waals surface area contributed by atoms with E-state index in [1.54, 1.807) is 28.1 Å². The van der Waals surface area contributed by atoms with Gasteiger partial charge in [0, 0.05) is 25.1 Å². The van der Waals surface area contributed by atoms with Crippen LogP contribution in [0.1, 0.15) is 29.2 Å². The lowest BCUT2D eigenvalue weighted by molar-refractivity contribution is 0.0276. The predicted octanol–water partition coefficient (Wildman–Crippen LogP) is 3.48. The zero-order valence-corrected chi connectivity index (χ0v) is 18.8. The van der Waals surface area contributed by atoms with Crippen molar-refractivity contribution in [1.82, 2.24) is 24.7 Å². The van der Waals surface area contributed by atoms with Gasteiger partial charge in [-0.05, 0) is 36.2 Å². The van der Waals surface area contributed by atoms with Gasteiger partial charge in [0.1, 0.15) is 17.6 Å². The molecule has 2 aromatic heterocycles. The minimum Gasteiger partial charge on any atom is -0.463 e. The van der Waals surface area contributed by atoms with Gasteiger partial charge in [0.05, 0.1) is 42.7 Å². The number of hydrazone groups is 1. The molecule has 9 nitrogen and oxygen atoms in total. The number of amides is 2. The van der Waals surface area contributed by atoms with E-state index >= 15 is 0 Å². The number of nitriles is 1. The lowest BCUT2D eigenvalue weighted by Crippen LogP contribution is -2.58. The fourth-order valence-corrected chi connectivity index (χ4v) is 4.76. The van der Waals surface area contributed by atoms with Crippen LogP contribution in [0.2, 0.25) is 0 Å². The molecule has 5 rings (SSSR count). The summed E-state index contributed by atoms with van der Waals surface area (Å²) in [7, 11) is 1.87. The monoisotopic (exact) mass is 465 g/mol. The normalized spacial score (nSPS) is 17.8. The SMILES string of the molecule is Cc1cnn(C)c1-c1csc(OC2CN(C(=O)N3N=CC[C@H]3c3cc(F)cc(C#N)c3)C2)n1. The lowest BCUT2D eigenvalue weighted by atomic mass is 10.0. The number of thiazole rings is 1. The van der Waals surface area contributed by atoms with E-state index in [1.165, 1.54) is 28.5 Å². The van der Waals surface area contributed by atoms with E-state index < -0.39 is 11.9 Å². The zero-order chi connectivity index (χ0) is 23.1. The molecule has 4 heterocycles. The van der Waals surface area contributed by atoms with Gasteiger partial charge in [-0.15, -0.1) is 0 Å². The fraction of sp³-hybridized carbons (Fsp3) is 0.318. The molecular weight excluding hydrogens is 445 g/mol. The molecule has 0 radical (unpaired) electrons. The molecule has 168 valence electrons. The van der Waals surface area contributed by atoms with Crippen molar-refractivity contribution in [3.63, 3.8) is 0 Å². The molecule has 0 saturated carbocycles. The minimum atomic E-state index is -0.509. The number of urea groups is 1. The van der Waals surface area contributed by atoms with Gasteiger partial charge in [0.2, 0.25) is 0 Å². The first-order valence-corrected chi connectivity index (χ1v) is 11.2. The number of halogens is 1. The van der Waals surface area contributed by atoms with Crippen molar-refractivity contribution >= 4 is 23.6 Å². The molecule has 1 fully saturated rings. The Morgan fingerprint density at radius 3 is 2.88 bits per heavy atom. The molecule has 2 amide bonds. The topological polar surface area (TPSA) is 99.6 Å². The predicted molar refractivity (Wildman–Crippen MR) is 119 cm³/mol. The second-order valence-corrected chi connectivity index (χ2v) is 8.83. The smallest absolute Gasteiger partial charge is 0.341 e. The quantitative estimate of drug-likeness (QED) is 0.587. The minimum absolute atomic E-state index is 0.162. The molecule has 0 unspecified atom stereocenters. The van der Waals surface area contributed by atoms with Crippen molar-refractivity contribution in [2.24, 2.45) is 12.1 Å². The summed E-state index contributed by atoms with van der Waals surface area (Å²) in [6, 6.07) is 5.33. The van der Waals surface area contributed by atoms with Crippen LogP contribution < -0.4 is 4.74 Å². The van der Waals surface area contributed by atoms with Gasteiger partial charge >= 0.3 is 6.03 Å². The van der Waals surface area contributed by atoms with Crippen LogP contribution in [0.4, 0.5) is 9.18 Å². The number of carbonyl (C=O) groups is 1. The summed E-state index contributed by atoms with van der Waals surface area (Å²) in [6.45, 7) is 2.80. The molecule has 11 heteroatoms. The number of aromatic nitrogens is 3. The highest BCUT2D eigenvalue weighted by Crippen LogP contribution is 2.33. The van der Waals surface area contributed by atoms with E-state index in [1.807, 2.05) is 25.4 Å². The number of ether oxygens (including phenoxy) is 1. The van der Waals surface area contributed by atoms with Crippen LogP contribution in [0, 0.1) is 24.1 Å². The first-order valence-electron chi connectivity index (χ1n) is 10.3. The molecule has 2 aliphatic heterocycles. The standard InChI is InChI=1S/C22H20FN7O2S/c1-13-9-26-28(2)20(13)18-12-33-21(27-18)32-17-10-29(11-17)22(31)30-19(3-4-25-30)15-5-14(8-24)6-16(23)7-15/h4-7,9,12,17,19H,3,10-11H2,1-2H3/t19-/m0/s1. The molecule has 0 bridgehead atoms. The third kappa shape index (κ3) is 3.93. The first-order chi connectivity index (χ1) is 15.9. The second-order valence-electron chi connectivity index (χ2n) is 8.01. The van der Waals surface area contributed by atoms with Crippen LogP contribution in [0.15, 0.2) is 34.9 Å². The maximum atomic E-state index is 13.9. The van der Waals surface area contributed by atoms with Crippen LogP contribution >= 0.6 is 11.3 Å². The van der Waals surface area contributed by atoms with Crippen molar-refractivity contribution < 1.29 is 13.9 Å². The number of aryl methyl sites for hydroxylation is 2. The maximum Gasteiger partial charge on any atom is 0.341 e. The first kappa shape index (κ1) is 21.1. The maximum absolute atomic E-state index is 13.9. The summed E-state index contributed by atoms with van der Waals surface area (Å²) < 4.78 is 21.6. The van der Waals surface area contributed by atoms with Gasteiger partial charge in [-0.2, -0.15) is 15.5 Å². The molecule has 3 aromatic rings. The van der Waals surface area contributed by atoms with Gasteiger partial charge in [-0.1, -0.05) is 11.3 Å². The summed E-state index contributed by atoms with van der Waals surface area (Å²) in [5.74, 6) is -0.509. The average molecular weight is 466 g/mol. The van der Waals surface area contributed by atoms with E-state index in [0.29, 0.717) is 30.3 Å². The summed E-state index contributed by atoms with van der Waals surface area (Å²) in [6.07, 6.45) is 3.72. The Bertz CT molecular complexity index is 1270. The summed E-state index contributed by atoms with van der Waals surface area (Å²) in [5.41, 5.74) is 3.55. The zero-order valence-electron chi connectivity index (χ0n) is 18.0. The third-order valence-corrected chi connectivity index (χ3v) is 6.42. The van der Waals surface area contributed by atoms with E-state index in [-0.39, 0.29) is 17.7 Å². The van der Waals surface area contributed by atoms with Crippen LogP contribution in [-0.4, -0.2) is 56.1 Å². The van der Waals surface area contributed by atoms with Gasteiger partial charge in [0.25, 0.3) is 5.19 Å². The third-order valence-electron chi connectivity index (χ3n) is 5.69. The number of hydrogen-bond acceptors (Lipinski definition) is 7. The number of likely N-dealkylation sites (tertiary alicyclic amines) is 1. The van der Waals surface area contributed by atoms with Crippen molar-refractivity contribution in [3.8, 4) is 22.7 Å². The van der Waals surface area contributed by atoms with Gasteiger partial charge < -0.3 is 9.64 Å². The van der Waals surface area contributed by atoms with E-state index in [0.717, 1.165) is 17.0 Å². The Hall–Kier alpha value is -3.78. The van der Waals surface area contributed by atoms with E-state index in [2.05, 4.69) is 15.2 Å². The van der Waals surface area contributed by atoms with E-state index in [9.17, 15) is 9.18 Å². The Kier molecular flexibility index (Phi) is 5.30. The summed E-state index contributed by atoms with van der Waals surface area (Å²) in [4.78, 5) is 19.2. The van der Waals surface area contributed by atoms with Crippen molar-refractivity contribution in [2.45, 2.75) is 25.5 Å². The number of hydrogen-bond donors (Lipinski definition) is 0. The highest BCUT2D eigenvalue weighted by Gasteiger charge is 2.39. The fourth-order valence-electron chi connectivity index (χ4n) is 4.04. The largest absolute Gasteiger partial charge is 0.463 e. The Labute approximate surface area is 193 Å². The molecule has 0 N–H and O–H groups in total. The van der Waals surface area contributed by atoms with Crippen LogP contribution in [0.3, 0.4) is 0 Å². The molecule has 0 spiro atoms. The number of benzene rings is 1. The second kappa shape index (κ2) is 8.29. The number of rotatable bonds is 4. The highest BCUT2D eigenvalue weighted by molar-refractivity contribution is 7.11. The molecule has 1 aromatic carbocycles. The number of nitrogens with zero attached hydrogens (tertiary/aromatic N) is 7. The van der Waals surface area contributed by atoms with E-state index in [4.69, 9.17) is 10.00 Å². The molecular formula is C22H20FN7O2S. The molecule has 33 heavy (non-hydrogen) atoms. The Morgan fingerprint density at radius 1 is 1.33 bits per heavy atom. The summed E-state index contributed by atoms with van der Waals surface area (Å²) >= 11 is 1.41. The lowest BCUT2D eigenvalue weighted by Gasteiger charge is -2.40. The number of carbonyl (C=O) groups excluding carboxylic acids is 1. The Morgan fingerprint density at radius 2 is 2.15 bits per heavy atom. The van der Waals surface area contributed by atoms with Gasteiger partial charge in [-0.3, -0.25) is 4.68 Å². The Balaban J connectivity index is 1.21. The van der Waals surface area contributed by atoms with Gasteiger partial charge in [0.15, 0.2) is 0 Å². The molecule has 1 saturated heterocycles. The van der Waals surface area contributed by atoms with Crippen LogP contribution in [0.5, 0.6) is 5.19 Å². The van der Waals surface area contributed by atoms with Crippen molar-refractivity contribution in [1.29, 1.82) is 5.26 Å². The molecule has 2 aliphatic rings. The van der Waals surface area contributed by atoms with Gasteiger partial charge in [-0.25, -0.2) is 19.2 Å². The van der Waals surface area contributed by atoms with Crippen molar-refractivity contribution in [2.75, 3.05) is 13.1 Å². The van der Waals surface area contributed by atoms with Crippen molar-refractivity contribution in [3.05, 3.63) is 52.3 Å². The average Bonchev–Trinajstić information content (AvgIpc) is 3.50.